The number of carbonyl (C=O) groups is 1. The molecule has 1 aliphatic rings. The summed E-state index contributed by atoms with van der Waals surface area (Å²) in [6, 6.07) is 7.68. The van der Waals surface area contributed by atoms with Crippen molar-refractivity contribution in [2.45, 2.75) is 6.92 Å². The van der Waals surface area contributed by atoms with Crippen molar-refractivity contribution in [3.8, 4) is 0 Å². The Labute approximate surface area is 151 Å². The normalized spacial score (nSPS) is 14.8. The first-order valence-corrected chi connectivity index (χ1v) is 8.59. The summed E-state index contributed by atoms with van der Waals surface area (Å²) >= 11 is 0. The lowest BCUT2D eigenvalue weighted by Gasteiger charge is -2.34. The standard InChI is InChI=1S/C18H21N7O/c1-12-3-5-13(6-4-12)17(26)24-7-9-25(10-8-24)18-21-15(19)14-11-20-23(2)16(14)22-18/h3-6,11H,7-10H2,1-2H3,(H2,19,21,22). The Kier molecular flexibility index (Phi) is 3.95. The van der Waals surface area contributed by atoms with E-state index in [0.29, 0.717) is 43.6 Å². The molecule has 0 unspecified atom stereocenters. The molecular formula is C18H21N7O. The first kappa shape index (κ1) is 16.3. The lowest BCUT2D eigenvalue weighted by molar-refractivity contribution is 0.0746. The molecule has 2 aromatic heterocycles. The molecule has 0 bridgehead atoms. The minimum atomic E-state index is 0.0622. The monoisotopic (exact) mass is 351 g/mol. The number of nitrogens with two attached hydrogens (primary N) is 1. The number of aromatic nitrogens is 4. The molecule has 0 spiro atoms. The summed E-state index contributed by atoms with van der Waals surface area (Å²) in [6.45, 7) is 4.59. The van der Waals surface area contributed by atoms with Crippen molar-refractivity contribution in [1.29, 1.82) is 0 Å². The maximum absolute atomic E-state index is 12.6. The van der Waals surface area contributed by atoms with E-state index >= 15 is 0 Å². The number of aryl methyl sites for hydroxylation is 2. The van der Waals surface area contributed by atoms with Crippen molar-refractivity contribution in [3.05, 3.63) is 41.6 Å². The number of hydrogen-bond donors (Lipinski definition) is 1. The molecule has 0 atom stereocenters. The molecule has 3 heterocycles. The van der Waals surface area contributed by atoms with E-state index in [-0.39, 0.29) is 5.91 Å². The van der Waals surface area contributed by atoms with Gasteiger partial charge in [0.1, 0.15) is 5.82 Å². The van der Waals surface area contributed by atoms with Gasteiger partial charge in [0.2, 0.25) is 5.95 Å². The minimum Gasteiger partial charge on any atom is -0.383 e. The van der Waals surface area contributed by atoms with Gasteiger partial charge in [0.15, 0.2) is 5.65 Å². The summed E-state index contributed by atoms with van der Waals surface area (Å²) in [5.74, 6) is 1.07. The van der Waals surface area contributed by atoms with Crippen LogP contribution in [0.25, 0.3) is 11.0 Å². The highest BCUT2D eigenvalue weighted by atomic mass is 16.2. The SMILES string of the molecule is Cc1ccc(C(=O)N2CCN(c3nc(N)c4cnn(C)c4n3)CC2)cc1. The molecular weight excluding hydrogens is 330 g/mol. The van der Waals surface area contributed by atoms with E-state index < -0.39 is 0 Å². The van der Waals surface area contributed by atoms with Gasteiger partial charge in [-0.3, -0.25) is 9.48 Å². The first-order valence-electron chi connectivity index (χ1n) is 8.59. The van der Waals surface area contributed by atoms with Crippen LogP contribution in [0.15, 0.2) is 30.5 Å². The van der Waals surface area contributed by atoms with Crippen LogP contribution in [0, 0.1) is 6.92 Å². The molecule has 1 saturated heterocycles. The first-order chi connectivity index (χ1) is 12.5. The Morgan fingerprint density at radius 3 is 2.46 bits per heavy atom. The second-order valence-corrected chi connectivity index (χ2v) is 6.56. The molecule has 1 aromatic carbocycles. The van der Waals surface area contributed by atoms with Crippen LogP contribution in [0.3, 0.4) is 0 Å². The van der Waals surface area contributed by atoms with Crippen molar-refractivity contribution in [1.82, 2.24) is 24.6 Å². The van der Waals surface area contributed by atoms with Gasteiger partial charge in [0.05, 0.1) is 11.6 Å². The van der Waals surface area contributed by atoms with Gasteiger partial charge in [-0.15, -0.1) is 0 Å². The van der Waals surface area contributed by atoms with Gasteiger partial charge in [0, 0.05) is 38.8 Å². The van der Waals surface area contributed by atoms with Gasteiger partial charge >= 0.3 is 0 Å². The summed E-state index contributed by atoms with van der Waals surface area (Å²) in [5.41, 5.74) is 8.63. The highest BCUT2D eigenvalue weighted by Gasteiger charge is 2.24. The zero-order chi connectivity index (χ0) is 18.3. The fraction of sp³-hybridized carbons (Fsp3) is 0.333. The van der Waals surface area contributed by atoms with Crippen molar-refractivity contribution in [3.63, 3.8) is 0 Å². The molecule has 134 valence electrons. The smallest absolute Gasteiger partial charge is 0.253 e. The Morgan fingerprint density at radius 1 is 1.08 bits per heavy atom. The predicted octanol–water partition coefficient (Wildman–Crippen LogP) is 1.22. The molecule has 8 nitrogen and oxygen atoms in total. The van der Waals surface area contributed by atoms with Gasteiger partial charge < -0.3 is 15.5 Å². The van der Waals surface area contributed by atoms with Crippen LogP contribution in [0.5, 0.6) is 0 Å². The lowest BCUT2D eigenvalue weighted by Crippen LogP contribution is -2.49. The van der Waals surface area contributed by atoms with E-state index in [4.69, 9.17) is 5.73 Å². The average Bonchev–Trinajstić information content (AvgIpc) is 3.03. The molecule has 0 saturated carbocycles. The molecule has 2 N–H and O–H groups in total. The summed E-state index contributed by atoms with van der Waals surface area (Å²) in [6.07, 6.45) is 1.67. The minimum absolute atomic E-state index is 0.0622. The second-order valence-electron chi connectivity index (χ2n) is 6.56. The number of benzene rings is 1. The van der Waals surface area contributed by atoms with Gasteiger partial charge in [-0.1, -0.05) is 17.7 Å². The molecule has 1 amide bonds. The summed E-state index contributed by atoms with van der Waals surface area (Å²) in [4.78, 5) is 25.6. The Balaban J connectivity index is 1.49. The van der Waals surface area contributed by atoms with E-state index in [9.17, 15) is 4.79 Å². The fourth-order valence-corrected chi connectivity index (χ4v) is 3.16. The second kappa shape index (κ2) is 6.29. The number of hydrogen-bond acceptors (Lipinski definition) is 6. The van der Waals surface area contributed by atoms with E-state index in [1.807, 2.05) is 43.1 Å². The van der Waals surface area contributed by atoms with E-state index in [0.717, 1.165) is 16.5 Å². The molecule has 0 aliphatic carbocycles. The third kappa shape index (κ3) is 2.83. The number of fused-ring (bicyclic) bond motifs is 1. The highest BCUT2D eigenvalue weighted by Crippen LogP contribution is 2.21. The van der Waals surface area contributed by atoms with Crippen LogP contribution >= 0.6 is 0 Å². The number of nitrogens with zero attached hydrogens (tertiary/aromatic N) is 6. The maximum atomic E-state index is 12.6. The largest absolute Gasteiger partial charge is 0.383 e. The number of carbonyl (C=O) groups excluding carboxylic acids is 1. The Hall–Kier alpha value is -3.16. The topological polar surface area (TPSA) is 93.2 Å². The molecule has 0 radical (unpaired) electrons. The van der Waals surface area contributed by atoms with Crippen LogP contribution < -0.4 is 10.6 Å². The number of piperazine rings is 1. The van der Waals surface area contributed by atoms with Crippen molar-refractivity contribution >= 4 is 28.7 Å². The molecule has 4 rings (SSSR count). The van der Waals surface area contributed by atoms with Gasteiger partial charge in [0.25, 0.3) is 5.91 Å². The zero-order valence-electron chi connectivity index (χ0n) is 14.9. The van der Waals surface area contributed by atoms with Crippen LogP contribution in [0.2, 0.25) is 0 Å². The van der Waals surface area contributed by atoms with Gasteiger partial charge in [-0.2, -0.15) is 15.1 Å². The quantitative estimate of drug-likeness (QED) is 0.746. The zero-order valence-corrected chi connectivity index (χ0v) is 14.9. The fourth-order valence-electron chi connectivity index (χ4n) is 3.16. The van der Waals surface area contributed by atoms with Crippen LogP contribution in [0.4, 0.5) is 11.8 Å². The number of anilines is 2. The number of rotatable bonds is 2. The van der Waals surface area contributed by atoms with Gasteiger partial charge in [-0.05, 0) is 19.1 Å². The van der Waals surface area contributed by atoms with Crippen molar-refractivity contribution in [2.24, 2.45) is 7.05 Å². The third-order valence-corrected chi connectivity index (χ3v) is 4.76. The number of amides is 1. The summed E-state index contributed by atoms with van der Waals surface area (Å²) < 4.78 is 1.69. The van der Waals surface area contributed by atoms with E-state index in [1.165, 1.54) is 0 Å². The Bertz CT molecular complexity index is 956. The average molecular weight is 351 g/mol. The highest BCUT2D eigenvalue weighted by molar-refractivity contribution is 5.94. The third-order valence-electron chi connectivity index (χ3n) is 4.76. The summed E-state index contributed by atoms with van der Waals surface area (Å²) in [5, 5.41) is 4.93. The van der Waals surface area contributed by atoms with E-state index in [2.05, 4.69) is 20.0 Å². The van der Waals surface area contributed by atoms with Crippen LogP contribution in [0.1, 0.15) is 15.9 Å². The molecule has 8 heteroatoms. The molecule has 1 fully saturated rings. The van der Waals surface area contributed by atoms with E-state index in [1.54, 1.807) is 10.9 Å². The molecule has 3 aromatic rings. The molecule has 1 aliphatic heterocycles. The van der Waals surface area contributed by atoms with Gasteiger partial charge in [-0.25, -0.2) is 0 Å². The maximum Gasteiger partial charge on any atom is 0.253 e. The van der Waals surface area contributed by atoms with Crippen molar-refractivity contribution < 1.29 is 4.79 Å². The lowest BCUT2D eigenvalue weighted by atomic mass is 10.1. The predicted molar refractivity (Wildman–Crippen MR) is 100 cm³/mol. The number of nitrogen functional groups attached to an aromatic ring is 1. The summed E-state index contributed by atoms with van der Waals surface area (Å²) in [7, 11) is 1.83. The Morgan fingerprint density at radius 2 is 1.77 bits per heavy atom. The molecule has 26 heavy (non-hydrogen) atoms. The van der Waals surface area contributed by atoms with Crippen LogP contribution in [-0.4, -0.2) is 56.7 Å². The van der Waals surface area contributed by atoms with Crippen molar-refractivity contribution in [2.75, 3.05) is 36.8 Å². The van der Waals surface area contributed by atoms with Crippen LogP contribution in [-0.2, 0) is 7.05 Å².